The molecule has 0 bridgehead atoms. The number of nitrogens with zero attached hydrogens (tertiary/aromatic N) is 4. The molecule has 2 atom stereocenters. The Morgan fingerprint density at radius 1 is 1.03 bits per heavy atom. The topological polar surface area (TPSA) is 80.9 Å². The van der Waals surface area contributed by atoms with Gasteiger partial charge in [-0.05, 0) is 93.0 Å². The minimum Gasteiger partial charge on any atom is -0.382 e. The molecule has 9 heteroatoms. The number of aryl methyl sites for hydroxylation is 2. The van der Waals surface area contributed by atoms with Gasteiger partial charge in [-0.2, -0.15) is 0 Å². The van der Waals surface area contributed by atoms with Gasteiger partial charge in [-0.25, -0.2) is 18.7 Å². The first kappa shape index (κ1) is 25.2. The molecule has 0 saturated heterocycles. The largest absolute Gasteiger partial charge is 0.382 e. The van der Waals surface area contributed by atoms with Crippen molar-refractivity contribution in [3.63, 3.8) is 0 Å². The van der Waals surface area contributed by atoms with Crippen LogP contribution in [0.25, 0.3) is 17.1 Å². The summed E-state index contributed by atoms with van der Waals surface area (Å²) in [4.78, 5) is 26.6. The Labute approximate surface area is 217 Å². The average molecular weight is 523 g/mol. The first-order valence-electron chi connectivity index (χ1n) is 11.9. The number of aromatic nitrogens is 4. The van der Waals surface area contributed by atoms with Crippen LogP contribution in [-0.2, 0) is 5.60 Å². The first-order valence-corrected chi connectivity index (χ1v) is 12.2. The van der Waals surface area contributed by atoms with Crippen LogP contribution in [0.3, 0.4) is 0 Å². The number of rotatable bonds is 5. The van der Waals surface area contributed by atoms with Crippen LogP contribution in [0.4, 0.5) is 8.78 Å². The third-order valence-electron chi connectivity index (χ3n) is 6.70. The van der Waals surface area contributed by atoms with Gasteiger partial charge in [0.1, 0.15) is 10.6 Å². The standard InChI is InChI=1S/C28H25ClF2N4O2/c1-14-13-33-23(22-7-8-32-27(34-22)28(3,4)37)12-24(14)35-15(2)9-19(25(29)26(35)36)18-11-17(18)16-5-6-20(30)21(31)10-16/h5-10,12-13,17-18,37H,11H2,1-4H3/t17?,18-/m1/s1. The molecule has 1 fully saturated rings. The van der Waals surface area contributed by atoms with E-state index in [1.807, 2.05) is 19.9 Å². The van der Waals surface area contributed by atoms with Gasteiger partial charge < -0.3 is 5.11 Å². The maximum absolute atomic E-state index is 13.7. The quantitative estimate of drug-likeness (QED) is 0.362. The summed E-state index contributed by atoms with van der Waals surface area (Å²) in [5, 5.41) is 10.4. The smallest absolute Gasteiger partial charge is 0.274 e. The fourth-order valence-electron chi connectivity index (χ4n) is 4.64. The van der Waals surface area contributed by atoms with Gasteiger partial charge in [-0.15, -0.1) is 0 Å². The zero-order valence-electron chi connectivity index (χ0n) is 20.8. The van der Waals surface area contributed by atoms with Crippen molar-refractivity contribution in [2.24, 2.45) is 0 Å². The minimum absolute atomic E-state index is 0.0285. The van der Waals surface area contributed by atoms with E-state index in [0.717, 1.165) is 11.6 Å². The molecular weight excluding hydrogens is 498 g/mol. The van der Waals surface area contributed by atoms with Crippen LogP contribution in [0.2, 0.25) is 5.02 Å². The van der Waals surface area contributed by atoms with Gasteiger partial charge in [-0.3, -0.25) is 14.3 Å². The zero-order chi connectivity index (χ0) is 26.6. The Hall–Kier alpha value is -3.49. The van der Waals surface area contributed by atoms with Crippen molar-refractivity contribution in [2.75, 3.05) is 0 Å². The number of hydrogen-bond donors (Lipinski definition) is 1. The fraction of sp³-hybridized carbons (Fsp3) is 0.286. The SMILES string of the molecule is Cc1cnc(-c2ccnc(C(C)(C)O)n2)cc1-n1c(C)cc([C@@H]2CC2c2ccc(F)c(F)c2)c(Cl)c1=O. The summed E-state index contributed by atoms with van der Waals surface area (Å²) in [5.41, 5.74) is 2.88. The maximum atomic E-state index is 13.7. The van der Waals surface area contributed by atoms with E-state index < -0.39 is 17.2 Å². The maximum Gasteiger partial charge on any atom is 0.274 e. The molecule has 1 aromatic carbocycles. The highest BCUT2D eigenvalue weighted by molar-refractivity contribution is 6.31. The van der Waals surface area contributed by atoms with Crippen LogP contribution in [0, 0.1) is 25.5 Å². The Morgan fingerprint density at radius 2 is 1.78 bits per heavy atom. The highest BCUT2D eigenvalue weighted by Crippen LogP contribution is 2.56. The highest BCUT2D eigenvalue weighted by atomic mass is 35.5. The van der Waals surface area contributed by atoms with Crippen molar-refractivity contribution in [1.82, 2.24) is 19.5 Å². The lowest BCUT2D eigenvalue weighted by atomic mass is 10.0. The Morgan fingerprint density at radius 3 is 2.49 bits per heavy atom. The van der Waals surface area contributed by atoms with Gasteiger partial charge in [0.2, 0.25) is 0 Å². The number of aliphatic hydroxyl groups is 1. The van der Waals surface area contributed by atoms with E-state index in [1.165, 1.54) is 6.07 Å². The van der Waals surface area contributed by atoms with E-state index in [-0.39, 0.29) is 28.2 Å². The highest BCUT2D eigenvalue weighted by Gasteiger charge is 2.42. The average Bonchev–Trinajstić information content (AvgIpc) is 3.64. The molecule has 0 spiro atoms. The van der Waals surface area contributed by atoms with Crippen LogP contribution in [0.15, 0.2) is 53.6 Å². The summed E-state index contributed by atoms with van der Waals surface area (Å²) in [6.45, 7) is 6.88. The second kappa shape index (κ2) is 9.11. The minimum atomic E-state index is -1.22. The molecule has 1 aliphatic carbocycles. The van der Waals surface area contributed by atoms with Gasteiger partial charge >= 0.3 is 0 Å². The molecule has 0 radical (unpaired) electrons. The second-order valence-electron chi connectivity index (χ2n) is 10.00. The summed E-state index contributed by atoms with van der Waals surface area (Å²) in [7, 11) is 0. The summed E-state index contributed by atoms with van der Waals surface area (Å²) in [6.07, 6.45) is 3.91. The first-order chi connectivity index (χ1) is 17.5. The van der Waals surface area contributed by atoms with Crippen molar-refractivity contribution in [3.8, 4) is 17.1 Å². The van der Waals surface area contributed by atoms with Crippen LogP contribution in [-0.4, -0.2) is 24.6 Å². The lowest BCUT2D eigenvalue weighted by Gasteiger charge is -2.17. The molecule has 1 saturated carbocycles. The van der Waals surface area contributed by atoms with Crippen molar-refractivity contribution >= 4 is 11.6 Å². The van der Waals surface area contributed by atoms with Gasteiger partial charge in [0.05, 0.1) is 17.1 Å². The number of hydrogen-bond acceptors (Lipinski definition) is 5. The number of pyridine rings is 2. The molecule has 0 amide bonds. The van der Waals surface area contributed by atoms with E-state index in [2.05, 4.69) is 15.0 Å². The van der Waals surface area contributed by atoms with Gasteiger partial charge in [-0.1, -0.05) is 17.7 Å². The van der Waals surface area contributed by atoms with Crippen LogP contribution >= 0.6 is 11.6 Å². The second-order valence-corrected chi connectivity index (χ2v) is 10.4. The third-order valence-corrected chi connectivity index (χ3v) is 7.08. The Kier molecular flexibility index (Phi) is 6.20. The molecule has 6 nitrogen and oxygen atoms in total. The molecule has 0 aliphatic heterocycles. The lowest BCUT2D eigenvalue weighted by Crippen LogP contribution is -2.23. The van der Waals surface area contributed by atoms with Gasteiger partial charge in [0, 0.05) is 18.1 Å². The van der Waals surface area contributed by atoms with E-state index in [9.17, 15) is 18.7 Å². The normalized spacial score (nSPS) is 17.2. The summed E-state index contributed by atoms with van der Waals surface area (Å²) in [5.74, 6) is -1.59. The Balaban J connectivity index is 1.53. The van der Waals surface area contributed by atoms with Crippen LogP contribution in [0.5, 0.6) is 0 Å². The van der Waals surface area contributed by atoms with Crippen molar-refractivity contribution < 1.29 is 13.9 Å². The van der Waals surface area contributed by atoms with E-state index in [4.69, 9.17) is 11.6 Å². The van der Waals surface area contributed by atoms with Crippen molar-refractivity contribution in [3.05, 3.63) is 104 Å². The van der Waals surface area contributed by atoms with Gasteiger partial charge in [0.25, 0.3) is 5.56 Å². The van der Waals surface area contributed by atoms with Crippen LogP contribution in [0.1, 0.15) is 60.3 Å². The number of halogens is 3. The molecule has 5 rings (SSSR count). The predicted octanol–water partition coefficient (Wildman–Crippen LogP) is 5.74. The molecule has 4 aromatic rings. The van der Waals surface area contributed by atoms with E-state index in [1.54, 1.807) is 49.0 Å². The molecular formula is C28H25ClF2N4O2. The fourth-order valence-corrected chi connectivity index (χ4v) is 4.92. The summed E-state index contributed by atoms with van der Waals surface area (Å²) in [6, 6.07) is 9.23. The summed E-state index contributed by atoms with van der Waals surface area (Å²) >= 11 is 6.61. The van der Waals surface area contributed by atoms with E-state index >= 15 is 0 Å². The third kappa shape index (κ3) is 4.67. The van der Waals surface area contributed by atoms with Crippen molar-refractivity contribution in [1.29, 1.82) is 0 Å². The molecule has 3 heterocycles. The molecule has 1 N–H and O–H groups in total. The molecule has 190 valence electrons. The molecule has 3 aromatic heterocycles. The summed E-state index contributed by atoms with van der Waals surface area (Å²) < 4.78 is 28.6. The molecule has 37 heavy (non-hydrogen) atoms. The van der Waals surface area contributed by atoms with Crippen LogP contribution < -0.4 is 5.56 Å². The lowest BCUT2D eigenvalue weighted by molar-refractivity contribution is 0.0688. The predicted molar refractivity (Wildman–Crippen MR) is 137 cm³/mol. The molecule has 1 aliphatic rings. The zero-order valence-corrected chi connectivity index (χ0v) is 21.5. The monoisotopic (exact) mass is 522 g/mol. The molecule has 1 unspecified atom stereocenters. The van der Waals surface area contributed by atoms with Gasteiger partial charge in [0.15, 0.2) is 17.5 Å². The Bertz CT molecular complexity index is 1600. The van der Waals surface area contributed by atoms with E-state index in [0.29, 0.717) is 40.3 Å². The number of benzene rings is 1. The van der Waals surface area contributed by atoms with Crippen molar-refractivity contribution in [2.45, 2.75) is 51.6 Å².